The van der Waals surface area contributed by atoms with E-state index in [1.54, 1.807) is 13.0 Å². The van der Waals surface area contributed by atoms with Gasteiger partial charge in [0, 0.05) is 6.07 Å². The zero-order chi connectivity index (χ0) is 12.8. The normalized spacial score (nSPS) is 9.61. The fourth-order valence-electron chi connectivity index (χ4n) is 1.46. The molecule has 0 spiro atoms. The molecule has 0 N–H and O–H groups in total. The Morgan fingerprint density at radius 3 is 2.72 bits per heavy atom. The van der Waals surface area contributed by atoms with E-state index in [-0.39, 0.29) is 0 Å². The zero-order valence-corrected chi connectivity index (χ0v) is 9.96. The van der Waals surface area contributed by atoms with Crippen LogP contribution in [0.4, 0.5) is 5.69 Å². The monoisotopic (exact) mass is 240 g/mol. The van der Waals surface area contributed by atoms with Gasteiger partial charge in [-0.05, 0) is 12.5 Å². The minimum atomic E-state index is -0.418. The van der Waals surface area contributed by atoms with Gasteiger partial charge >= 0.3 is 5.63 Å². The van der Waals surface area contributed by atoms with Crippen LogP contribution in [0.1, 0.15) is 11.3 Å². The number of hydrogen-bond acceptors (Lipinski definition) is 4. The van der Waals surface area contributed by atoms with Crippen molar-refractivity contribution in [3.05, 3.63) is 64.2 Å². The van der Waals surface area contributed by atoms with Gasteiger partial charge in [0.2, 0.25) is 0 Å². The molecule has 2 aromatic rings. The van der Waals surface area contributed by atoms with Crippen LogP contribution in [0.25, 0.3) is 0 Å². The van der Waals surface area contributed by atoms with Crippen LogP contribution in [-0.2, 0) is 6.54 Å². The molecule has 0 radical (unpaired) electrons. The standard InChI is InChI=1S/C14H12N2O2/c1-11-7-13(8-14(17)18-11)16-10-15-9-12-5-3-2-4-6-12/h2-8H,9H2,1H3. The highest BCUT2D eigenvalue weighted by Gasteiger charge is 1.94. The highest BCUT2D eigenvalue weighted by atomic mass is 16.4. The Morgan fingerprint density at radius 1 is 1.22 bits per heavy atom. The number of rotatable bonds is 3. The van der Waals surface area contributed by atoms with Crippen molar-refractivity contribution in [2.75, 3.05) is 0 Å². The Kier molecular flexibility index (Phi) is 3.84. The van der Waals surface area contributed by atoms with Crippen LogP contribution in [0.15, 0.2) is 61.7 Å². The predicted molar refractivity (Wildman–Crippen MR) is 69.4 cm³/mol. The molecule has 0 aliphatic heterocycles. The molecule has 1 heterocycles. The lowest BCUT2D eigenvalue weighted by Crippen LogP contribution is -1.95. The molecule has 90 valence electrons. The van der Waals surface area contributed by atoms with Crippen LogP contribution in [0.3, 0.4) is 0 Å². The van der Waals surface area contributed by atoms with Gasteiger partial charge in [0.1, 0.15) is 5.76 Å². The van der Waals surface area contributed by atoms with Gasteiger partial charge in [0.25, 0.3) is 0 Å². The van der Waals surface area contributed by atoms with Crippen LogP contribution in [0, 0.1) is 6.92 Å². The molecule has 0 fully saturated rings. The van der Waals surface area contributed by atoms with Crippen molar-refractivity contribution in [2.24, 2.45) is 9.98 Å². The van der Waals surface area contributed by atoms with E-state index in [4.69, 9.17) is 4.42 Å². The summed E-state index contributed by atoms with van der Waals surface area (Å²) in [6.07, 6.45) is 0. The van der Waals surface area contributed by atoms with Crippen molar-refractivity contribution in [1.29, 1.82) is 0 Å². The third kappa shape index (κ3) is 3.54. The van der Waals surface area contributed by atoms with Crippen molar-refractivity contribution >= 4 is 11.7 Å². The fraction of sp³-hybridized carbons (Fsp3) is 0.143. The Labute approximate surface area is 104 Å². The zero-order valence-electron chi connectivity index (χ0n) is 9.96. The second-order valence-electron chi connectivity index (χ2n) is 3.76. The molecule has 0 unspecified atom stereocenters. The van der Waals surface area contributed by atoms with Gasteiger partial charge in [-0.3, -0.25) is 0 Å². The summed E-state index contributed by atoms with van der Waals surface area (Å²) < 4.78 is 4.82. The summed E-state index contributed by atoms with van der Waals surface area (Å²) in [5.74, 6) is 0.520. The molecule has 0 aliphatic rings. The van der Waals surface area contributed by atoms with Gasteiger partial charge in [-0.1, -0.05) is 30.3 Å². The average molecular weight is 240 g/mol. The van der Waals surface area contributed by atoms with Crippen molar-refractivity contribution in [2.45, 2.75) is 13.5 Å². The number of nitrogens with zero attached hydrogens (tertiary/aromatic N) is 2. The summed E-state index contributed by atoms with van der Waals surface area (Å²) in [5.41, 5.74) is 1.17. The van der Waals surface area contributed by atoms with Gasteiger partial charge in [-0.15, -0.1) is 0 Å². The lowest BCUT2D eigenvalue weighted by atomic mass is 10.2. The van der Waals surface area contributed by atoms with E-state index >= 15 is 0 Å². The van der Waals surface area contributed by atoms with Gasteiger partial charge in [0.05, 0.1) is 24.3 Å². The third-order valence-corrected chi connectivity index (χ3v) is 2.23. The summed E-state index contributed by atoms with van der Waals surface area (Å²) >= 11 is 0. The maximum atomic E-state index is 11.1. The van der Waals surface area contributed by atoms with Crippen LogP contribution in [0.2, 0.25) is 0 Å². The number of aliphatic imine (C=N–C) groups is 2. The van der Waals surface area contributed by atoms with Crippen molar-refractivity contribution < 1.29 is 4.42 Å². The van der Waals surface area contributed by atoms with E-state index in [9.17, 15) is 4.79 Å². The van der Waals surface area contributed by atoms with E-state index in [0.29, 0.717) is 18.0 Å². The number of benzene rings is 1. The molecule has 0 atom stereocenters. The maximum absolute atomic E-state index is 11.1. The van der Waals surface area contributed by atoms with Gasteiger partial charge in [-0.2, -0.15) is 4.99 Å². The largest absolute Gasteiger partial charge is 0.428 e. The molecule has 0 amide bonds. The molecule has 2 rings (SSSR count). The molecule has 4 heteroatoms. The first-order chi connectivity index (χ1) is 8.74. The Hall–Kier alpha value is -2.45. The molecule has 18 heavy (non-hydrogen) atoms. The van der Waals surface area contributed by atoms with Crippen molar-refractivity contribution in [1.82, 2.24) is 0 Å². The molecular formula is C14H12N2O2. The first-order valence-electron chi connectivity index (χ1n) is 5.52. The second-order valence-corrected chi connectivity index (χ2v) is 3.76. The highest BCUT2D eigenvalue weighted by Crippen LogP contribution is 2.09. The number of hydrogen-bond donors (Lipinski definition) is 0. The van der Waals surface area contributed by atoms with Gasteiger partial charge in [-0.25, -0.2) is 9.79 Å². The molecule has 0 saturated heterocycles. The summed E-state index contributed by atoms with van der Waals surface area (Å²) in [6, 6.07) is 15.4. The topological polar surface area (TPSA) is 54.9 Å². The summed E-state index contributed by atoms with van der Waals surface area (Å²) in [5, 5.41) is 0. The maximum Gasteiger partial charge on any atom is 0.338 e. The summed E-state index contributed by atoms with van der Waals surface area (Å²) in [6.45, 7) is 2.21. The van der Waals surface area contributed by atoms with E-state index < -0.39 is 5.63 Å². The molecule has 0 bridgehead atoms. The minimum Gasteiger partial charge on any atom is -0.428 e. The SMILES string of the molecule is Cc1cc(N=C=NCc2ccccc2)cc(=O)o1. The summed E-state index contributed by atoms with van der Waals surface area (Å²) in [7, 11) is 0. The van der Waals surface area contributed by atoms with E-state index in [1.165, 1.54) is 6.07 Å². The van der Waals surface area contributed by atoms with Crippen molar-refractivity contribution in [3.63, 3.8) is 0 Å². The average Bonchev–Trinajstić information content (AvgIpc) is 2.35. The quantitative estimate of drug-likeness (QED) is 0.774. The predicted octanol–water partition coefficient (Wildman–Crippen LogP) is 2.95. The molecular weight excluding hydrogens is 228 g/mol. The smallest absolute Gasteiger partial charge is 0.338 e. The molecule has 1 aromatic carbocycles. The molecule has 0 aliphatic carbocycles. The molecule has 1 aromatic heterocycles. The minimum absolute atomic E-state index is 0.418. The Bertz CT molecular complexity index is 638. The second kappa shape index (κ2) is 5.75. The summed E-state index contributed by atoms with van der Waals surface area (Å²) in [4.78, 5) is 19.1. The highest BCUT2D eigenvalue weighted by molar-refractivity contribution is 5.51. The third-order valence-electron chi connectivity index (χ3n) is 2.23. The van der Waals surface area contributed by atoms with E-state index in [1.807, 2.05) is 30.3 Å². The number of aryl methyl sites for hydroxylation is 1. The van der Waals surface area contributed by atoms with Crippen LogP contribution < -0.4 is 5.63 Å². The van der Waals surface area contributed by atoms with Gasteiger partial charge < -0.3 is 4.42 Å². The fourth-order valence-corrected chi connectivity index (χ4v) is 1.46. The van der Waals surface area contributed by atoms with Crippen LogP contribution in [0.5, 0.6) is 0 Å². The van der Waals surface area contributed by atoms with Crippen molar-refractivity contribution in [3.8, 4) is 0 Å². The Morgan fingerprint density at radius 2 is 2.00 bits per heavy atom. The molecule has 0 saturated carbocycles. The first kappa shape index (κ1) is 12.0. The van der Waals surface area contributed by atoms with Crippen LogP contribution in [-0.4, -0.2) is 6.01 Å². The van der Waals surface area contributed by atoms with Gasteiger partial charge in [0.15, 0.2) is 0 Å². The lowest BCUT2D eigenvalue weighted by molar-refractivity contribution is 0.481. The lowest BCUT2D eigenvalue weighted by Gasteiger charge is -1.92. The van der Waals surface area contributed by atoms with Crippen LogP contribution >= 0.6 is 0 Å². The van der Waals surface area contributed by atoms with E-state index in [2.05, 4.69) is 16.0 Å². The Balaban J connectivity index is 2.09. The first-order valence-corrected chi connectivity index (χ1v) is 5.52. The molecule has 4 nitrogen and oxygen atoms in total. The van der Waals surface area contributed by atoms with E-state index in [0.717, 1.165) is 5.56 Å².